The third kappa shape index (κ3) is 2.51. The summed E-state index contributed by atoms with van der Waals surface area (Å²) in [6, 6.07) is 0. The molecular weight excluding hydrogens is 262 g/mol. The average Bonchev–Trinajstić information content (AvgIpc) is 2.97. The van der Waals surface area contributed by atoms with Gasteiger partial charge < -0.3 is 10.4 Å². The van der Waals surface area contributed by atoms with Crippen LogP contribution in [0, 0.1) is 0 Å². The van der Waals surface area contributed by atoms with Crippen LogP contribution in [0.2, 0.25) is 0 Å². The fourth-order valence-corrected chi connectivity index (χ4v) is 1.93. The summed E-state index contributed by atoms with van der Waals surface area (Å²) in [6.07, 6.45) is 5.45. The van der Waals surface area contributed by atoms with Crippen molar-refractivity contribution in [1.29, 1.82) is 0 Å². The highest BCUT2D eigenvalue weighted by molar-refractivity contribution is 5.37. The van der Waals surface area contributed by atoms with Gasteiger partial charge in [-0.2, -0.15) is 24.7 Å². The number of aromatic nitrogens is 6. The summed E-state index contributed by atoms with van der Waals surface area (Å²) in [5, 5.41) is 17.0. The maximum atomic E-state index is 10.0. The van der Waals surface area contributed by atoms with Crippen LogP contribution in [0.3, 0.4) is 0 Å². The zero-order chi connectivity index (χ0) is 14.0. The van der Waals surface area contributed by atoms with Crippen molar-refractivity contribution in [3.63, 3.8) is 0 Å². The molecule has 0 aromatic carbocycles. The van der Waals surface area contributed by atoms with Gasteiger partial charge in [0.15, 0.2) is 0 Å². The van der Waals surface area contributed by atoms with Gasteiger partial charge in [0, 0.05) is 6.54 Å². The molecule has 10 heteroatoms. The lowest BCUT2D eigenvalue weighted by molar-refractivity contribution is -0.0203. The van der Waals surface area contributed by atoms with Crippen LogP contribution in [-0.2, 0) is 0 Å². The predicted octanol–water partition coefficient (Wildman–Crippen LogP) is -0.935. The number of aliphatic hydroxyl groups is 1. The van der Waals surface area contributed by atoms with Crippen LogP contribution < -0.4 is 16.6 Å². The molecule has 2 aromatic heterocycles. The van der Waals surface area contributed by atoms with E-state index in [-0.39, 0.29) is 11.9 Å². The van der Waals surface area contributed by atoms with Gasteiger partial charge in [-0.1, -0.05) is 0 Å². The molecule has 0 amide bonds. The highest BCUT2D eigenvalue weighted by Gasteiger charge is 2.34. The van der Waals surface area contributed by atoms with Crippen molar-refractivity contribution >= 4 is 11.9 Å². The largest absolute Gasteiger partial charge is 0.388 e. The van der Waals surface area contributed by atoms with Gasteiger partial charge in [-0.15, -0.1) is 0 Å². The smallest absolute Gasteiger partial charge is 0.258 e. The Morgan fingerprint density at radius 2 is 2.10 bits per heavy atom. The quantitative estimate of drug-likeness (QED) is 0.402. The van der Waals surface area contributed by atoms with E-state index in [1.807, 2.05) is 0 Å². The van der Waals surface area contributed by atoms with Crippen molar-refractivity contribution in [3.05, 3.63) is 12.7 Å². The number of rotatable bonds is 5. The molecule has 106 valence electrons. The first-order valence-electron chi connectivity index (χ1n) is 6.22. The van der Waals surface area contributed by atoms with Gasteiger partial charge in [0.2, 0.25) is 11.9 Å². The van der Waals surface area contributed by atoms with E-state index in [4.69, 9.17) is 5.84 Å². The van der Waals surface area contributed by atoms with Gasteiger partial charge in [0.25, 0.3) is 5.95 Å². The van der Waals surface area contributed by atoms with E-state index < -0.39 is 5.60 Å². The molecule has 1 aliphatic rings. The molecule has 1 fully saturated rings. The molecule has 20 heavy (non-hydrogen) atoms. The first kappa shape index (κ1) is 12.7. The summed E-state index contributed by atoms with van der Waals surface area (Å²) in [5.74, 6) is 6.14. The second-order valence-electron chi connectivity index (χ2n) is 4.70. The van der Waals surface area contributed by atoms with Crippen LogP contribution in [0.25, 0.3) is 5.95 Å². The van der Waals surface area contributed by atoms with Crippen molar-refractivity contribution in [3.8, 4) is 5.95 Å². The Labute approximate surface area is 114 Å². The van der Waals surface area contributed by atoms with Crippen molar-refractivity contribution in [2.24, 2.45) is 5.84 Å². The number of nitrogen functional groups attached to an aromatic ring is 1. The third-order valence-corrected chi connectivity index (χ3v) is 3.24. The molecule has 10 nitrogen and oxygen atoms in total. The lowest BCUT2D eigenvalue weighted by Gasteiger charge is -2.36. The summed E-state index contributed by atoms with van der Waals surface area (Å²) in [7, 11) is 0. The highest BCUT2D eigenvalue weighted by atomic mass is 16.3. The van der Waals surface area contributed by atoms with Crippen molar-refractivity contribution in [2.45, 2.75) is 24.9 Å². The second kappa shape index (κ2) is 4.98. The summed E-state index contributed by atoms with van der Waals surface area (Å²) < 4.78 is 1.39. The SMILES string of the molecule is NNc1nc(NCC2(O)CCC2)nc(-n2cncn2)n1. The first-order chi connectivity index (χ1) is 9.68. The van der Waals surface area contributed by atoms with E-state index in [9.17, 15) is 5.11 Å². The fourth-order valence-electron chi connectivity index (χ4n) is 1.93. The standard InChI is InChI=1S/C10H15N9O/c11-18-8-15-7(13-4-10(20)2-1-3-10)16-9(17-8)19-6-12-5-14-19/h5-6,20H,1-4,11H2,(H2,13,15,16,17,18). The van der Waals surface area contributed by atoms with Crippen LogP contribution in [0.15, 0.2) is 12.7 Å². The van der Waals surface area contributed by atoms with Gasteiger partial charge in [-0.05, 0) is 19.3 Å². The molecule has 1 saturated carbocycles. The number of hydrogen-bond acceptors (Lipinski definition) is 9. The van der Waals surface area contributed by atoms with Crippen LogP contribution in [0.4, 0.5) is 11.9 Å². The number of nitrogens with one attached hydrogen (secondary N) is 2. The Bertz CT molecular complexity index is 580. The maximum Gasteiger partial charge on any atom is 0.258 e. The van der Waals surface area contributed by atoms with Crippen LogP contribution in [-0.4, -0.2) is 47.0 Å². The first-order valence-corrected chi connectivity index (χ1v) is 6.22. The Hall–Kier alpha value is -2.33. The summed E-state index contributed by atoms with van der Waals surface area (Å²) in [6.45, 7) is 0.387. The Kier molecular flexibility index (Phi) is 3.16. The second-order valence-corrected chi connectivity index (χ2v) is 4.70. The lowest BCUT2D eigenvalue weighted by atomic mass is 9.80. The molecule has 0 radical (unpaired) electrons. The van der Waals surface area contributed by atoms with E-state index in [1.54, 1.807) is 0 Å². The van der Waals surface area contributed by atoms with Crippen LogP contribution in [0.5, 0.6) is 0 Å². The minimum absolute atomic E-state index is 0.202. The topological polar surface area (TPSA) is 140 Å². The Morgan fingerprint density at radius 1 is 1.30 bits per heavy atom. The van der Waals surface area contributed by atoms with E-state index >= 15 is 0 Å². The molecule has 5 N–H and O–H groups in total. The van der Waals surface area contributed by atoms with E-state index in [0.29, 0.717) is 12.5 Å². The molecule has 0 aliphatic heterocycles. The molecule has 0 spiro atoms. The minimum Gasteiger partial charge on any atom is -0.388 e. The van der Waals surface area contributed by atoms with E-state index in [2.05, 4.69) is 35.8 Å². The minimum atomic E-state index is -0.670. The molecule has 0 atom stereocenters. The Morgan fingerprint density at radius 3 is 2.70 bits per heavy atom. The van der Waals surface area contributed by atoms with Crippen molar-refractivity contribution < 1.29 is 5.11 Å². The van der Waals surface area contributed by atoms with E-state index in [1.165, 1.54) is 17.3 Å². The number of nitrogens with zero attached hydrogens (tertiary/aromatic N) is 6. The number of hydrazine groups is 1. The predicted molar refractivity (Wildman–Crippen MR) is 69.8 cm³/mol. The highest BCUT2D eigenvalue weighted by Crippen LogP contribution is 2.31. The molecule has 0 bridgehead atoms. The summed E-state index contributed by atoms with van der Waals surface area (Å²) in [5.41, 5.74) is 1.70. The third-order valence-electron chi connectivity index (χ3n) is 3.24. The number of hydrogen-bond donors (Lipinski definition) is 4. The van der Waals surface area contributed by atoms with Crippen LogP contribution >= 0.6 is 0 Å². The zero-order valence-corrected chi connectivity index (χ0v) is 10.7. The zero-order valence-electron chi connectivity index (χ0n) is 10.7. The molecule has 2 heterocycles. The normalized spacial score (nSPS) is 16.5. The van der Waals surface area contributed by atoms with Gasteiger partial charge in [0.1, 0.15) is 12.7 Å². The molecule has 1 aliphatic carbocycles. The number of nitrogens with two attached hydrogens (primary N) is 1. The monoisotopic (exact) mass is 277 g/mol. The van der Waals surface area contributed by atoms with Crippen LogP contribution in [0.1, 0.15) is 19.3 Å². The molecule has 2 aromatic rings. The van der Waals surface area contributed by atoms with Gasteiger partial charge in [-0.3, -0.25) is 5.43 Å². The van der Waals surface area contributed by atoms with Crippen molar-refractivity contribution in [2.75, 3.05) is 17.3 Å². The van der Waals surface area contributed by atoms with Crippen molar-refractivity contribution in [1.82, 2.24) is 29.7 Å². The molecule has 0 saturated heterocycles. The van der Waals surface area contributed by atoms with Gasteiger partial charge >= 0.3 is 0 Å². The molecule has 3 rings (SSSR count). The van der Waals surface area contributed by atoms with Gasteiger partial charge in [-0.25, -0.2) is 10.8 Å². The Balaban J connectivity index is 1.81. The average molecular weight is 277 g/mol. The molecule has 0 unspecified atom stereocenters. The maximum absolute atomic E-state index is 10.0. The summed E-state index contributed by atoms with van der Waals surface area (Å²) >= 11 is 0. The lowest BCUT2D eigenvalue weighted by Crippen LogP contribution is -2.43. The number of anilines is 2. The van der Waals surface area contributed by atoms with Gasteiger partial charge in [0.05, 0.1) is 5.60 Å². The summed E-state index contributed by atoms with van der Waals surface area (Å²) in [4.78, 5) is 16.2. The molecular formula is C10H15N9O. The van der Waals surface area contributed by atoms with E-state index in [0.717, 1.165) is 19.3 Å². The fraction of sp³-hybridized carbons (Fsp3) is 0.500.